The predicted molar refractivity (Wildman–Crippen MR) is 84.4 cm³/mol. The van der Waals surface area contributed by atoms with Gasteiger partial charge in [0.05, 0.1) is 10.6 Å². The summed E-state index contributed by atoms with van der Waals surface area (Å²) >= 11 is 7.46. The normalized spacial score (nSPS) is 11.7. The first-order valence-electron chi connectivity index (χ1n) is 6.29. The van der Waals surface area contributed by atoms with Gasteiger partial charge in [-0.1, -0.05) is 17.7 Å². The van der Waals surface area contributed by atoms with Crippen molar-refractivity contribution in [3.05, 3.63) is 51.7 Å². The van der Waals surface area contributed by atoms with Crippen LogP contribution in [-0.4, -0.2) is 27.3 Å². The maximum atomic E-state index is 12.1. The first kappa shape index (κ1) is 15.5. The molecule has 0 saturated heterocycles. The van der Waals surface area contributed by atoms with Crippen molar-refractivity contribution in [1.29, 1.82) is 0 Å². The molecule has 1 aromatic heterocycles. The summed E-state index contributed by atoms with van der Waals surface area (Å²) in [5.74, 6) is 0.0963. The Labute approximate surface area is 128 Å². The standard InChI is InChI=1S/C14H16ClNO2S2/c15-12-3-5-14(6-4-12)20(17,18)11-9-16-8-7-13-2-1-10-19-13/h1-6,10,16H,7-9,11H2. The number of nitrogens with one attached hydrogen (secondary N) is 1. The molecule has 2 rings (SSSR count). The quantitative estimate of drug-likeness (QED) is 0.794. The van der Waals surface area contributed by atoms with Gasteiger partial charge < -0.3 is 5.32 Å². The zero-order valence-corrected chi connectivity index (χ0v) is 13.3. The molecule has 20 heavy (non-hydrogen) atoms. The molecule has 0 aliphatic heterocycles. The van der Waals surface area contributed by atoms with Gasteiger partial charge in [-0.2, -0.15) is 0 Å². The van der Waals surface area contributed by atoms with Crippen molar-refractivity contribution in [2.45, 2.75) is 11.3 Å². The van der Waals surface area contributed by atoms with Crippen LogP contribution in [0.1, 0.15) is 4.88 Å². The fourth-order valence-corrected chi connectivity index (χ4v) is 3.79. The summed E-state index contributed by atoms with van der Waals surface area (Å²) in [5.41, 5.74) is 0. The fraction of sp³-hybridized carbons (Fsp3) is 0.286. The van der Waals surface area contributed by atoms with Crippen LogP contribution in [0.3, 0.4) is 0 Å². The third-order valence-electron chi connectivity index (χ3n) is 2.85. The van der Waals surface area contributed by atoms with Gasteiger partial charge in [0.25, 0.3) is 0 Å². The first-order chi connectivity index (χ1) is 9.58. The average molecular weight is 330 g/mol. The van der Waals surface area contributed by atoms with E-state index in [0.29, 0.717) is 16.5 Å². The highest BCUT2D eigenvalue weighted by molar-refractivity contribution is 7.91. The molecule has 1 heterocycles. The smallest absolute Gasteiger partial charge is 0.179 e. The Morgan fingerprint density at radius 3 is 2.50 bits per heavy atom. The number of benzene rings is 1. The molecule has 2 aromatic rings. The number of sulfone groups is 1. The van der Waals surface area contributed by atoms with Gasteiger partial charge in [0.2, 0.25) is 0 Å². The van der Waals surface area contributed by atoms with E-state index in [2.05, 4.69) is 11.4 Å². The van der Waals surface area contributed by atoms with E-state index < -0.39 is 9.84 Å². The highest BCUT2D eigenvalue weighted by Crippen LogP contribution is 2.15. The summed E-state index contributed by atoms with van der Waals surface area (Å²) in [6.07, 6.45) is 0.929. The van der Waals surface area contributed by atoms with E-state index in [4.69, 9.17) is 11.6 Å². The maximum absolute atomic E-state index is 12.1. The predicted octanol–water partition coefficient (Wildman–Crippen LogP) is 3.01. The van der Waals surface area contributed by atoms with Gasteiger partial charge in [0.1, 0.15) is 0 Å². The van der Waals surface area contributed by atoms with Crippen LogP contribution in [0.15, 0.2) is 46.7 Å². The topological polar surface area (TPSA) is 46.2 Å². The lowest BCUT2D eigenvalue weighted by atomic mass is 10.3. The van der Waals surface area contributed by atoms with Gasteiger partial charge in [-0.25, -0.2) is 8.42 Å². The molecule has 1 N–H and O–H groups in total. The summed E-state index contributed by atoms with van der Waals surface area (Å²) in [6.45, 7) is 1.24. The molecule has 108 valence electrons. The van der Waals surface area contributed by atoms with Gasteiger partial charge in [0.15, 0.2) is 9.84 Å². The Bertz CT molecular complexity index is 622. The van der Waals surface area contributed by atoms with Crippen LogP contribution in [0.5, 0.6) is 0 Å². The van der Waals surface area contributed by atoms with Crippen molar-refractivity contribution in [3.63, 3.8) is 0 Å². The van der Waals surface area contributed by atoms with E-state index in [-0.39, 0.29) is 5.75 Å². The number of hydrogen-bond donors (Lipinski definition) is 1. The van der Waals surface area contributed by atoms with Crippen LogP contribution in [0.2, 0.25) is 5.02 Å². The summed E-state index contributed by atoms with van der Waals surface area (Å²) in [5, 5.41) is 5.74. The van der Waals surface area contributed by atoms with Gasteiger partial charge in [0, 0.05) is 16.4 Å². The molecule has 0 atom stereocenters. The van der Waals surface area contributed by atoms with Crippen LogP contribution in [0.25, 0.3) is 0 Å². The first-order valence-corrected chi connectivity index (χ1v) is 9.20. The molecule has 0 amide bonds. The monoisotopic (exact) mass is 329 g/mol. The van der Waals surface area contributed by atoms with Gasteiger partial charge in [-0.3, -0.25) is 0 Å². The molecule has 0 fully saturated rings. The highest BCUT2D eigenvalue weighted by Gasteiger charge is 2.13. The summed E-state index contributed by atoms with van der Waals surface area (Å²) in [7, 11) is -3.23. The van der Waals surface area contributed by atoms with Gasteiger partial charge in [-0.05, 0) is 48.7 Å². The minimum atomic E-state index is -3.23. The van der Waals surface area contributed by atoms with Crippen molar-refractivity contribution in [1.82, 2.24) is 5.32 Å². The minimum absolute atomic E-state index is 0.0963. The Balaban J connectivity index is 1.76. The molecule has 6 heteroatoms. The molecule has 0 aliphatic carbocycles. The minimum Gasteiger partial charge on any atom is -0.315 e. The number of rotatable bonds is 7. The Kier molecular flexibility index (Phi) is 5.60. The molecule has 0 saturated carbocycles. The second kappa shape index (κ2) is 7.22. The fourth-order valence-electron chi connectivity index (χ4n) is 1.76. The second-order valence-electron chi connectivity index (χ2n) is 4.35. The molecule has 3 nitrogen and oxygen atoms in total. The average Bonchev–Trinajstić information content (AvgIpc) is 2.92. The molecule has 1 aromatic carbocycles. The van der Waals surface area contributed by atoms with E-state index in [1.165, 1.54) is 4.88 Å². The van der Waals surface area contributed by atoms with E-state index in [1.807, 2.05) is 11.4 Å². The molecule has 0 unspecified atom stereocenters. The third-order valence-corrected chi connectivity index (χ3v) is 5.77. The Morgan fingerprint density at radius 2 is 1.85 bits per heavy atom. The Hall–Kier alpha value is -0.880. The van der Waals surface area contributed by atoms with Gasteiger partial charge in [-0.15, -0.1) is 11.3 Å². The van der Waals surface area contributed by atoms with Crippen molar-refractivity contribution < 1.29 is 8.42 Å². The van der Waals surface area contributed by atoms with Crippen molar-refractivity contribution in [2.24, 2.45) is 0 Å². The molecule has 0 aliphatic rings. The SMILES string of the molecule is O=S(=O)(CCNCCc1cccs1)c1ccc(Cl)cc1. The van der Waals surface area contributed by atoms with E-state index in [1.54, 1.807) is 35.6 Å². The zero-order valence-electron chi connectivity index (χ0n) is 10.9. The lowest BCUT2D eigenvalue weighted by Crippen LogP contribution is -2.24. The third kappa shape index (κ3) is 4.59. The van der Waals surface area contributed by atoms with E-state index in [9.17, 15) is 8.42 Å². The summed E-state index contributed by atoms with van der Waals surface area (Å²) < 4.78 is 24.1. The van der Waals surface area contributed by atoms with Crippen molar-refractivity contribution in [2.75, 3.05) is 18.8 Å². The molecular weight excluding hydrogens is 314 g/mol. The van der Waals surface area contributed by atoms with Crippen LogP contribution < -0.4 is 5.32 Å². The van der Waals surface area contributed by atoms with Crippen LogP contribution >= 0.6 is 22.9 Å². The lowest BCUT2D eigenvalue weighted by molar-refractivity contribution is 0.591. The van der Waals surface area contributed by atoms with Crippen molar-refractivity contribution >= 4 is 32.8 Å². The maximum Gasteiger partial charge on any atom is 0.179 e. The number of halogens is 1. The van der Waals surface area contributed by atoms with Crippen molar-refractivity contribution in [3.8, 4) is 0 Å². The van der Waals surface area contributed by atoms with E-state index >= 15 is 0 Å². The number of thiophene rings is 1. The summed E-state index contributed by atoms with van der Waals surface area (Å²) in [4.78, 5) is 1.63. The second-order valence-corrected chi connectivity index (χ2v) is 7.93. The largest absolute Gasteiger partial charge is 0.315 e. The van der Waals surface area contributed by atoms with Crippen LogP contribution in [0, 0.1) is 0 Å². The lowest BCUT2D eigenvalue weighted by Gasteiger charge is -2.06. The zero-order chi connectivity index (χ0) is 14.4. The van der Waals surface area contributed by atoms with Gasteiger partial charge >= 0.3 is 0 Å². The molecule has 0 spiro atoms. The van der Waals surface area contributed by atoms with Crippen LogP contribution in [-0.2, 0) is 16.3 Å². The Morgan fingerprint density at radius 1 is 1.10 bits per heavy atom. The molecular formula is C14H16ClNO2S2. The molecule has 0 radical (unpaired) electrons. The summed E-state index contributed by atoms with van der Waals surface area (Å²) in [6, 6.07) is 10.4. The number of hydrogen-bond acceptors (Lipinski definition) is 4. The van der Waals surface area contributed by atoms with E-state index in [0.717, 1.165) is 13.0 Å². The highest BCUT2D eigenvalue weighted by atomic mass is 35.5. The molecule has 0 bridgehead atoms. The van der Waals surface area contributed by atoms with Crippen LogP contribution in [0.4, 0.5) is 0 Å².